The number of rotatable bonds is 2. The Morgan fingerprint density at radius 2 is 1.91 bits per heavy atom. The van der Waals surface area contributed by atoms with Gasteiger partial charge in [0.05, 0.1) is 7.11 Å². The van der Waals surface area contributed by atoms with Crippen LogP contribution in [0.1, 0.15) is 19.3 Å². The first-order valence-corrected chi connectivity index (χ1v) is 3.81. The third-order valence-corrected chi connectivity index (χ3v) is 2.89. The Labute approximate surface area is 64.7 Å². The van der Waals surface area contributed by atoms with Crippen LogP contribution >= 0.6 is 0 Å². The number of methoxy groups -OCH3 is 1. The molecule has 0 saturated heterocycles. The Morgan fingerprint density at radius 1 is 1.36 bits per heavy atom. The molecular weight excluding hydrogens is 144 g/mol. The molecule has 0 spiro atoms. The first kappa shape index (κ1) is 6.83. The third kappa shape index (κ3) is 0.682. The van der Waals surface area contributed by atoms with Crippen LogP contribution in [0.2, 0.25) is 0 Å². The number of carbonyl (C=O) groups excluding carboxylic acids is 2. The number of Topliss-reactive ketones (excluding diaryl/α,β-unsaturated/α-hetero) is 1. The predicted octanol–water partition coefficient (Wildman–Crippen LogP) is 0.529. The van der Waals surface area contributed by atoms with Crippen LogP contribution in [0.4, 0.5) is 0 Å². The lowest BCUT2D eigenvalue weighted by molar-refractivity contribution is -0.176. The molecule has 3 fully saturated rings. The molecule has 0 radical (unpaired) electrons. The lowest BCUT2D eigenvalue weighted by Crippen LogP contribution is -2.58. The lowest BCUT2D eigenvalue weighted by atomic mass is 9.43. The van der Waals surface area contributed by atoms with E-state index in [4.69, 9.17) is 0 Å². The highest BCUT2D eigenvalue weighted by atomic mass is 16.5. The van der Waals surface area contributed by atoms with Gasteiger partial charge in [-0.05, 0) is 25.2 Å². The van der Waals surface area contributed by atoms with Gasteiger partial charge in [-0.25, -0.2) is 4.79 Å². The van der Waals surface area contributed by atoms with E-state index in [0.717, 1.165) is 25.2 Å². The second-order valence-electron chi connectivity index (χ2n) is 3.58. The van der Waals surface area contributed by atoms with E-state index < -0.39 is 5.97 Å². The fourth-order valence-electron chi connectivity index (χ4n) is 2.07. The summed E-state index contributed by atoms with van der Waals surface area (Å²) in [4.78, 5) is 22.0. The van der Waals surface area contributed by atoms with Crippen molar-refractivity contribution in [1.82, 2.24) is 0 Å². The van der Waals surface area contributed by atoms with Crippen LogP contribution in [0, 0.1) is 11.3 Å². The van der Waals surface area contributed by atoms with Gasteiger partial charge in [0, 0.05) is 5.41 Å². The molecule has 3 nitrogen and oxygen atoms in total. The number of hydrogen-bond donors (Lipinski definition) is 0. The summed E-state index contributed by atoms with van der Waals surface area (Å²) in [6.45, 7) is 0. The molecule has 3 saturated carbocycles. The first-order chi connectivity index (χ1) is 5.18. The SMILES string of the molecule is COC(=O)C(=O)C12CC(C1)C2. The van der Waals surface area contributed by atoms with E-state index in [1.807, 2.05) is 0 Å². The normalized spacial score (nSPS) is 38.5. The summed E-state index contributed by atoms with van der Waals surface area (Å²) in [6.07, 6.45) is 2.75. The van der Waals surface area contributed by atoms with E-state index in [0.29, 0.717) is 0 Å². The maximum absolute atomic E-state index is 11.2. The molecule has 0 aromatic carbocycles. The minimum atomic E-state index is -0.664. The Morgan fingerprint density at radius 3 is 2.18 bits per heavy atom. The second kappa shape index (κ2) is 1.84. The van der Waals surface area contributed by atoms with Gasteiger partial charge < -0.3 is 4.74 Å². The van der Waals surface area contributed by atoms with Crippen molar-refractivity contribution in [2.45, 2.75) is 19.3 Å². The summed E-state index contributed by atoms with van der Waals surface area (Å²) < 4.78 is 4.37. The third-order valence-electron chi connectivity index (χ3n) is 2.89. The van der Waals surface area contributed by atoms with Crippen molar-refractivity contribution in [2.75, 3.05) is 7.11 Å². The number of ether oxygens (including phenoxy) is 1. The zero-order chi connectivity index (χ0) is 8.06. The van der Waals surface area contributed by atoms with Crippen LogP contribution in [0.15, 0.2) is 0 Å². The quantitative estimate of drug-likeness (QED) is 0.430. The van der Waals surface area contributed by atoms with Crippen LogP contribution < -0.4 is 0 Å². The molecular formula is C8H10O3. The molecule has 2 bridgehead atoms. The molecule has 11 heavy (non-hydrogen) atoms. The van der Waals surface area contributed by atoms with Crippen molar-refractivity contribution in [3.8, 4) is 0 Å². The van der Waals surface area contributed by atoms with Gasteiger partial charge in [-0.2, -0.15) is 0 Å². The molecule has 0 heterocycles. The molecule has 0 aromatic rings. The van der Waals surface area contributed by atoms with E-state index in [9.17, 15) is 9.59 Å². The average Bonchev–Trinajstić information content (AvgIpc) is 1.79. The van der Waals surface area contributed by atoms with Crippen LogP contribution in [0.25, 0.3) is 0 Å². The molecule has 60 valence electrons. The van der Waals surface area contributed by atoms with Crippen molar-refractivity contribution in [1.29, 1.82) is 0 Å². The Hall–Kier alpha value is -0.860. The van der Waals surface area contributed by atoms with Crippen LogP contribution in [0.5, 0.6) is 0 Å². The Balaban J connectivity index is 2.05. The molecule has 3 rings (SSSR count). The molecule has 0 aliphatic heterocycles. The maximum atomic E-state index is 11.2. The number of carbonyl (C=O) groups is 2. The minimum Gasteiger partial charge on any atom is -0.463 e. The van der Waals surface area contributed by atoms with E-state index in [-0.39, 0.29) is 11.2 Å². The largest absolute Gasteiger partial charge is 0.463 e. The van der Waals surface area contributed by atoms with Crippen molar-refractivity contribution < 1.29 is 14.3 Å². The number of ketones is 1. The standard InChI is InChI=1S/C8H10O3/c1-11-7(10)6(9)8-2-5(3-8)4-8/h5H,2-4H2,1H3. The number of hydrogen-bond acceptors (Lipinski definition) is 3. The summed E-state index contributed by atoms with van der Waals surface area (Å²) >= 11 is 0. The van der Waals surface area contributed by atoms with Gasteiger partial charge >= 0.3 is 5.97 Å². The molecule has 3 heteroatoms. The van der Waals surface area contributed by atoms with Crippen molar-refractivity contribution in [3.05, 3.63) is 0 Å². The zero-order valence-corrected chi connectivity index (χ0v) is 6.42. The molecule has 0 aromatic heterocycles. The highest BCUT2D eigenvalue weighted by molar-refractivity contribution is 6.36. The highest BCUT2D eigenvalue weighted by Gasteiger charge is 2.63. The van der Waals surface area contributed by atoms with Crippen LogP contribution in [0.3, 0.4) is 0 Å². The van der Waals surface area contributed by atoms with Crippen molar-refractivity contribution >= 4 is 11.8 Å². The van der Waals surface area contributed by atoms with E-state index in [1.165, 1.54) is 7.11 Å². The average molecular weight is 154 g/mol. The summed E-state index contributed by atoms with van der Waals surface area (Å²) in [6, 6.07) is 0. The Kier molecular flexibility index (Phi) is 1.14. The molecule has 0 unspecified atom stereocenters. The fraction of sp³-hybridized carbons (Fsp3) is 0.750. The van der Waals surface area contributed by atoms with E-state index >= 15 is 0 Å². The summed E-state index contributed by atoms with van der Waals surface area (Å²) in [7, 11) is 1.26. The van der Waals surface area contributed by atoms with Crippen molar-refractivity contribution in [3.63, 3.8) is 0 Å². The molecule has 0 amide bonds. The highest BCUT2D eigenvalue weighted by Crippen LogP contribution is 2.64. The van der Waals surface area contributed by atoms with Gasteiger partial charge in [0.1, 0.15) is 0 Å². The summed E-state index contributed by atoms with van der Waals surface area (Å²) in [5, 5.41) is 0. The monoisotopic (exact) mass is 154 g/mol. The minimum absolute atomic E-state index is 0.266. The van der Waals surface area contributed by atoms with Gasteiger partial charge in [-0.3, -0.25) is 4.79 Å². The predicted molar refractivity (Wildman–Crippen MR) is 36.8 cm³/mol. The van der Waals surface area contributed by atoms with E-state index in [1.54, 1.807) is 0 Å². The fourth-order valence-corrected chi connectivity index (χ4v) is 2.07. The Bertz CT molecular complexity index is 214. The summed E-state index contributed by atoms with van der Waals surface area (Å²) in [5.41, 5.74) is -0.266. The van der Waals surface area contributed by atoms with E-state index in [2.05, 4.69) is 4.74 Å². The van der Waals surface area contributed by atoms with Gasteiger partial charge in [-0.15, -0.1) is 0 Å². The smallest absolute Gasteiger partial charge is 0.374 e. The molecule has 0 atom stereocenters. The maximum Gasteiger partial charge on any atom is 0.374 e. The lowest BCUT2D eigenvalue weighted by Gasteiger charge is -2.59. The molecule has 0 N–H and O–H groups in total. The van der Waals surface area contributed by atoms with Gasteiger partial charge in [0.15, 0.2) is 0 Å². The van der Waals surface area contributed by atoms with Crippen LogP contribution in [-0.2, 0) is 14.3 Å². The van der Waals surface area contributed by atoms with Gasteiger partial charge in [0.2, 0.25) is 5.78 Å². The van der Waals surface area contributed by atoms with Gasteiger partial charge in [-0.1, -0.05) is 0 Å². The molecule has 3 aliphatic carbocycles. The van der Waals surface area contributed by atoms with Crippen LogP contribution in [-0.4, -0.2) is 18.9 Å². The first-order valence-electron chi connectivity index (χ1n) is 3.81. The van der Waals surface area contributed by atoms with Gasteiger partial charge in [0.25, 0.3) is 0 Å². The second-order valence-corrected chi connectivity index (χ2v) is 3.58. The molecule has 3 aliphatic rings. The topological polar surface area (TPSA) is 43.4 Å². The number of esters is 1. The zero-order valence-electron chi connectivity index (χ0n) is 6.42. The summed E-state index contributed by atoms with van der Waals surface area (Å²) in [5.74, 6) is -0.241. The van der Waals surface area contributed by atoms with Crippen molar-refractivity contribution in [2.24, 2.45) is 11.3 Å².